The predicted octanol–water partition coefficient (Wildman–Crippen LogP) is 2.93. The fourth-order valence-corrected chi connectivity index (χ4v) is 3.52. The highest BCUT2D eigenvalue weighted by Gasteiger charge is 2.46. The summed E-state index contributed by atoms with van der Waals surface area (Å²) in [4.78, 5) is 23.0. The van der Waals surface area contributed by atoms with Gasteiger partial charge < -0.3 is 5.43 Å². The number of Topliss-reactive ketones (excluding diaryl/α,β-unsaturated/α-hetero) is 1. The summed E-state index contributed by atoms with van der Waals surface area (Å²) in [6.45, 7) is 4.13. The minimum Gasteiger partial charge on any atom is -0.306 e. The molecule has 1 N–H and O–H groups in total. The molecule has 1 aliphatic heterocycles. The van der Waals surface area contributed by atoms with E-state index in [2.05, 4.69) is 24.4 Å². The minimum absolute atomic E-state index is 0.0408. The van der Waals surface area contributed by atoms with Gasteiger partial charge in [-0.25, -0.2) is 0 Å². The number of nitro groups is 1. The van der Waals surface area contributed by atoms with Crippen LogP contribution in [0.1, 0.15) is 32.3 Å². The molecule has 1 aromatic rings. The van der Waals surface area contributed by atoms with Crippen LogP contribution >= 0.6 is 11.6 Å². The molecule has 22 heavy (non-hydrogen) atoms. The van der Waals surface area contributed by atoms with Crippen molar-refractivity contribution in [3.8, 4) is 0 Å². The van der Waals surface area contributed by atoms with Crippen LogP contribution in [0.2, 0.25) is 5.02 Å². The number of nitrogens with zero attached hydrogens (tertiary/aromatic N) is 2. The molecule has 3 rings (SSSR count). The topological polar surface area (TPSA) is 84.6 Å². The molecule has 2 unspecified atom stereocenters. The van der Waals surface area contributed by atoms with E-state index in [1.54, 1.807) is 6.07 Å². The van der Waals surface area contributed by atoms with Crippen molar-refractivity contribution in [3.05, 3.63) is 38.9 Å². The van der Waals surface area contributed by atoms with E-state index in [0.717, 1.165) is 6.42 Å². The van der Waals surface area contributed by atoms with Gasteiger partial charge in [0.05, 0.1) is 22.6 Å². The molecular weight excluding hydrogens is 306 g/mol. The number of benzene rings is 1. The molecule has 116 valence electrons. The van der Waals surface area contributed by atoms with Gasteiger partial charge in [0.15, 0.2) is 0 Å². The summed E-state index contributed by atoms with van der Waals surface area (Å²) in [7, 11) is 0. The lowest BCUT2D eigenvalue weighted by Gasteiger charge is -2.36. The average Bonchev–Trinajstić information content (AvgIpc) is 2.81. The highest BCUT2D eigenvalue weighted by atomic mass is 35.5. The Morgan fingerprint density at radius 3 is 2.86 bits per heavy atom. The predicted molar refractivity (Wildman–Crippen MR) is 83.1 cm³/mol. The van der Waals surface area contributed by atoms with E-state index in [1.807, 2.05) is 0 Å². The quantitative estimate of drug-likeness (QED) is 0.670. The Labute approximate surface area is 132 Å². The zero-order chi connectivity index (χ0) is 16.1. The molecule has 2 atom stereocenters. The van der Waals surface area contributed by atoms with Gasteiger partial charge in [0.1, 0.15) is 10.8 Å². The maximum absolute atomic E-state index is 12.5. The molecule has 6 nitrogen and oxygen atoms in total. The molecule has 0 radical (unpaired) electrons. The van der Waals surface area contributed by atoms with Crippen molar-refractivity contribution in [1.82, 2.24) is 5.43 Å². The number of ketones is 1. The van der Waals surface area contributed by atoms with Crippen LogP contribution in [-0.4, -0.2) is 22.5 Å². The average molecular weight is 322 g/mol. The smallest absolute Gasteiger partial charge is 0.288 e. The highest BCUT2D eigenvalue weighted by molar-refractivity contribution is 6.33. The summed E-state index contributed by atoms with van der Waals surface area (Å²) >= 11 is 5.84. The maximum atomic E-state index is 12.5. The fourth-order valence-electron chi connectivity index (χ4n) is 3.33. The molecular formula is C15H16ClN3O3. The number of nitro benzene ring substituents is 1. The third kappa shape index (κ3) is 2.47. The molecule has 0 bridgehead atoms. The molecule has 7 heteroatoms. The molecule has 1 aliphatic carbocycles. The first-order valence-electron chi connectivity index (χ1n) is 7.09. The number of hydrogen-bond donors (Lipinski definition) is 1. The molecule has 2 aliphatic rings. The number of halogens is 1. The normalized spacial score (nSPS) is 26.1. The number of rotatable bonds is 2. The van der Waals surface area contributed by atoms with Gasteiger partial charge in [0.25, 0.3) is 5.69 Å². The summed E-state index contributed by atoms with van der Waals surface area (Å²) in [6, 6.07) is 4.49. The lowest BCUT2D eigenvalue weighted by Crippen LogP contribution is -2.45. The van der Waals surface area contributed by atoms with Crippen molar-refractivity contribution in [2.24, 2.45) is 16.4 Å². The molecule has 0 aromatic heterocycles. The van der Waals surface area contributed by atoms with E-state index >= 15 is 0 Å². The molecule has 1 fully saturated rings. The second-order valence-corrected chi connectivity index (χ2v) is 7.05. The molecule has 0 saturated heterocycles. The Hall–Kier alpha value is -1.95. The lowest BCUT2D eigenvalue weighted by molar-refractivity contribution is -0.384. The van der Waals surface area contributed by atoms with Crippen LogP contribution < -0.4 is 5.43 Å². The van der Waals surface area contributed by atoms with Crippen molar-refractivity contribution in [2.45, 2.75) is 32.7 Å². The summed E-state index contributed by atoms with van der Waals surface area (Å²) in [5.41, 5.74) is 3.94. The third-order valence-electron chi connectivity index (χ3n) is 4.26. The summed E-state index contributed by atoms with van der Waals surface area (Å²) < 4.78 is 0. The van der Waals surface area contributed by atoms with Crippen molar-refractivity contribution < 1.29 is 9.72 Å². The van der Waals surface area contributed by atoms with Gasteiger partial charge in [0, 0.05) is 18.1 Å². The maximum Gasteiger partial charge on any atom is 0.288 e. The standard InChI is InChI=1S/C15H16ClN3O3/c1-15(2)6-10-13(12(20)7-15)14(18-17-10)8-3-4-9(16)11(5-8)19(21)22/h3-5,10,13,17H,6-7H2,1-2H3. The van der Waals surface area contributed by atoms with Crippen molar-refractivity contribution in [2.75, 3.05) is 0 Å². The third-order valence-corrected chi connectivity index (χ3v) is 4.58. The van der Waals surface area contributed by atoms with Crippen LogP contribution in [-0.2, 0) is 4.79 Å². The van der Waals surface area contributed by atoms with Crippen molar-refractivity contribution in [3.63, 3.8) is 0 Å². The molecule has 0 spiro atoms. The van der Waals surface area contributed by atoms with Crippen LogP contribution in [0.25, 0.3) is 0 Å². The van der Waals surface area contributed by atoms with Crippen LogP contribution in [0.4, 0.5) is 5.69 Å². The van der Waals surface area contributed by atoms with Gasteiger partial charge in [-0.3, -0.25) is 14.9 Å². The Kier molecular flexibility index (Phi) is 3.44. The molecule has 1 aromatic carbocycles. The SMILES string of the molecule is CC1(C)CC(=O)C2C(c3ccc(Cl)c([N+](=O)[O-])c3)=NNC2C1. The number of hydrogen-bond acceptors (Lipinski definition) is 5. The van der Waals surface area contributed by atoms with Crippen LogP contribution in [0, 0.1) is 21.4 Å². The van der Waals surface area contributed by atoms with Crippen molar-refractivity contribution in [1.29, 1.82) is 0 Å². The lowest BCUT2D eigenvalue weighted by atomic mass is 9.68. The van der Waals surface area contributed by atoms with Gasteiger partial charge in [-0.1, -0.05) is 31.5 Å². The van der Waals surface area contributed by atoms with Gasteiger partial charge in [0.2, 0.25) is 0 Å². The number of nitrogens with one attached hydrogen (secondary N) is 1. The second kappa shape index (κ2) is 5.05. The number of hydrazone groups is 1. The summed E-state index contributed by atoms with van der Waals surface area (Å²) in [5.74, 6) is -0.212. The van der Waals surface area contributed by atoms with Crippen LogP contribution in [0.3, 0.4) is 0 Å². The van der Waals surface area contributed by atoms with E-state index in [4.69, 9.17) is 11.6 Å². The van der Waals surface area contributed by atoms with E-state index in [0.29, 0.717) is 17.7 Å². The first-order chi connectivity index (χ1) is 10.3. The van der Waals surface area contributed by atoms with Gasteiger partial charge in [-0.15, -0.1) is 0 Å². The zero-order valence-corrected chi connectivity index (χ0v) is 13.1. The van der Waals surface area contributed by atoms with E-state index in [-0.39, 0.29) is 33.9 Å². The zero-order valence-electron chi connectivity index (χ0n) is 12.3. The first-order valence-corrected chi connectivity index (χ1v) is 7.46. The highest BCUT2D eigenvalue weighted by Crippen LogP contribution is 2.40. The molecule has 0 amide bonds. The molecule has 1 heterocycles. The summed E-state index contributed by atoms with van der Waals surface area (Å²) in [5, 5.41) is 15.4. The van der Waals surface area contributed by atoms with Gasteiger partial charge in [-0.2, -0.15) is 5.10 Å². The minimum atomic E-state index is -0.530. The van der Waals surface area contributed by atoms with E-state index < -0.39 is 4.92 Å². The number of carbonyl (C=O) groups is 1. The molecule has 1 saturated carbocycles. The fraction of sp³-hybridized carbons (Fsp3) is 0.467. The Bertz CT molecular complexity index is 699. The largest absolute Gasteiger partial charge is 0.306 e. The van der Waals surface area contributed by atoms with Crippen LogP contribution in [0.15, 0.2) is 23.3 Å². The Morgan fingerprint density at radius 1 is 1.45 bits per heavy atom. The second-order valence-electron chi connectivity index (χ2n) is 6.65. The van der Waals surface area contributed by atoms with Crippen LogP contribution in [0.5, 0.6) is 0 Å². The summed E-state index contributed by atoms with van der Waals surface area (Å²) in [6.07, 6.45) is 1.33. The van der Waals surface area contributed by atoms with Gasteiger partial charge in [-0.05, 0) is 17.9 Å². The first kappa shape index (κ1) is 15.0. The van der Waals surface area contributed by atoms with Gasteiger partial charge >= 0.3 is 0 Å². The number of fused-ring (bicyclic) bond motifs is 1. The Morgan fingerprint density at radius 2 is 2.18 bits per heavy atom. The monoisotopic (exact) mass is 321 g/mol. The number of carbonyl (C=O) groups excluding carboxylic acids is 1. The Balaban J connectivity index is 1.96. The van der Waals surface area contributed by atoms with E-state index in [1.165, 1.54) is 12.1 Å². The van der Waals surface area contributed by atoms with Crippen molar-refractivity contribution >= 4 is 28.8 Å². The van der Waals surface area contributed by atoms with E-state index in [9.17, 15) is 14.9 Å².